The number of hydrogen-bond donors (Lipinski definition) is 6. The van der Waals surface area contributed by atoms with Gasteiger partial charge in [0.2, 0.25) is 35.4 Å². The average Bonchev–Trinajstić information content (AvgIpc) is 3.29. The Morgan fingerprint density at radius 1 is 0.896 bits per heavy atom. The van der Waals surface area contributed by atoms with Crippen LogP contribution in [0.5, 0.6) is 0 Å². The molecule has 0 aliphatic carbocycles. The number of carbonyl (C=O) groups excluding carboxylic acids is 6. The molecular formula is C34H62N6O7S. The molecule has 6 amide bonds. The Bertz CT molecular complexity index is 1090. The Balaban J connectivity index is 3.29. The van der Waals surface area contributed by atoms with E-state index in [1.165, 1.54) is 30.6 Å². The summed E-state index contributed by atoms with van der Waals surface area (Å²) in [5.41, 5.74) is 0. The zero-order valence-corrected chi connectivity index (χ0v) is 31.5. The zero-order valence-electron chi connectivity index (χ0n) is 30.7. The lowest BCUT2D eigenvalue weighted by Crippen LogP contribution is -2.59. The standard InChI is InChI=1S/C34H62N6O7S/c1-11-12-14-35-33(46)28(21(6)7)39-34(47)29-23(18-27(42)40(29)9)30(43)25(16-19(2)3)38-31(44)24(13-15-48-10)37-32(45)26(17-20(4)5)36-22(8)41/h19-21,23-26,28-30,43H,11-18H2,1-10H3,(H,35,46)(H,36,41)(H,37,45)(H,38,44)(H,39,47)/t23-,24+,25+,26+,28+,29-,30+/m1/s1. The summed E-state index contributed by atoms with van der Waals surface area (Å²) >= 11 is 1.51. The summed E-state index contributed by atoms with van der Waals surface area (Å²) in [6.45, 7) is 15.2. The Hall–Kier alpha value is -2.87. The van der Waals surface area contributed by atoms with Crippen LogP contribution in [0.25, 0.3) is 0 Å². The highest BCUT2D eigenvalue weighted by Crippen LogP contribution is 2.31. The van der Waals surface area contributed by atoms with E-state index in [0.29, 0.717) is 31.6 Å². The van der Waals surface area contributed by atoms with Gasteiger partial charge in [-0.1, -0.05) is 54.9 Å². The summed E-state index contributed by atoms with van der Waals surface area (Å²) in [6, 6.07) is -4.50. The van der Waals surface area contributed by atoms with E-state index >= 15 is 0 Å². The topological polar surface area (TPSA) is 186 Å². The van der Waals surface area contributed by atoms with Crippen LogP contribution in [0, 0.1) is 23.7 Å². The van der Waals surface area contributed by atoms with E-state index in [1.807, 2.05) is 54.7 Å². The number of thioether (sulfide) groups is 1. The number of unbranched alkanes of at least 4 members (excludes halogenated alkanes) is 1. The van der Waals surface area contributed by atoms with Gasteiger partial charge >= 0.3 is 0 Å². The summed E-state index contributed by atoms with van der Waals surface area (Å²) in [5, 5.41) is 25.9. The first-order valence-electron chi connectivity index (χ1n) is 17.3. The first-order valence-corrected chi connectivity index (χ1v) is 18.7. The van der Waals surface area contributed by atoms with E-state index in [9.17, 15) is 33.9 Å². The Morgan fingerprint density at radius 2 is 1.50 bits per heavy atom. The minimum absolute atomic E-state index is 0.0265. The van der Waals surface area contributed by atoms with Gasteiger partial charge in [0.25, 0.3) is 0 Å². The van der Waals surface area contributed by atoms with E-state index in [0.717, 1.165) is 12.8 Å². The highest BCUT2D eigenvalue weighted by molar-refractivity contribution is 7.98. The molecule has 0 bridgehead atoms. The molecule has 0 aromatic carbocycles. The molecule has 1 fully saturated rings. The van der Waals surface area contributed by atoms with E-state index in [4.69, 9.17) is 0 Å². The van der Waals surface area contributed by atoms with Crippen molar-refractivity contribution < 1.29 is 33.9 Å². The second kappa shape index (κ2) is 21.3. The van der Waals surface area contributed by atoms with Crippen LogP contribution in [0.1, 0.15) is 93.9 Å². The number of aliphatic hydroxyl groups is 1. The maximum Gasteiger partial charge on any atom is 0.243 e. The van der Waals surface area contributed by atoms with Crippen molar-refractivity contribution in [1.82, 2.24) is 31.5 Å². The van der Waals surface area contributed by atoms with Crippen molar-refractivity contribution in [2.45, 2.75) is 130 Å². The van der Waals surface area contributed by atoms with Crippen LogP contribution in [0.15, 0.2) is 0 Å². The molecule has 14 heteroatoms. The second-order valence-corrected chi connectivity index (χ2v) is 15.1. The number of amides is 6. The van der Waals surface area contributed by atoms with Crippen molar-refractivity contribution in [3.05, 3.63) is 0 Å². The summed E-state index contributed by atoms with van der Waals surface area (Å²) < 4.78 is 0. The lowest BCUT2D eigenvalue weighted by atomic mass is 9.85. The summed E-state index contributed by atoms with van der Waals surface area (Å²) in [6.07, 6.45) is 3.23. The van der Waals surface area contributed by atoms with Gasteiger partial charge in [0.05, 0.1) is 12.1 Å². The minimum Gasteiger partial charge on any atom is -0.391 e. The summed E-state index contributed by atoms with van der Waals surface area (Å²) in [4.78, 5) is 79.8. The number of nitrogens with one attached hydrogen (secondary N) is 5. The average molecular weight is 699 g/mol. The first-order chi connectivity index (χ1) is 22.4. The summed E-state index contributed by atoms with van der Waals surface area (Å²) in [5.74, 6) is -2.91. The first kappa shape index (κ1) is 43.2. The fourth-order valence-corrected chi connectivity index (χ4v) is 6.42. The smallest absolute Gasteiger partial charge is 0.243 e. The van der Waals surface area contributed by atoms with Crippen LogP contribution in [0.4, 0.5) is 0 Å². The van der Waals surface area contributed by atoms with Crippen LogP contribution in [0.3, 0.4) is 0 Å². The molecule has 6 N–H and O–H groups in total. The molecule has 0 aromatic rings. The van der Waals surface area contributed by atoms with Gasteiger partial charge in [-0.3, -0.25) is 28.8 Å². The van der Waals surface area contributed by atoms with Crippen LogP contribution in [-0.4, -0.2) is 107 Å². The molecule has 13 nitrogen and oxygen atoms in total. The van der Waals surface area contributed by atoms with Crippen LogP contribution >= 0.6 is 11.8 Å². The number of nitrogens with zero attached hydrogens (tertiary/aromatic N) is 1. The van der Waals surface area contributed by atoms with Gasteiger partial charge in [-0.05, 0) is 55.4 Å². The van der Waals surface area contributed by atoms with E-state index in [2.05, 4.69) is 26.6 Å². The maximum atomic E-state index is 13.8. The van der Waals surface area contributed by atoms with Gasteiger partial charge in [-0.15, -0.1) is 0 Å². The maximum absolute atomic E-state index is 13.8. The Kier molecular flexibility index (Phi) is 19.1. The molecular weight excluding hydrogens is 636 g/mol. The van der Waals surface area contributed by atoms with Crippen LogP contribution in [-0.2, 0) is 28.8 Å². The molecule has 0 spiro atoms. The van der Waals surface area contributed by atoms with E-state index < -0.39 is 60.0 Å². The number of rotatable bonds is 21. The molecule has 0 radical (unpaired) electrons. The Morgan fingerprint density at radius 3 is 2.02 bits per heavy atom. The third-order valence-corrected chi connectivity index (χ3v) is 9.16. The normalized spacial score (nSPS) is 19.5. The quantitative estimate of drug-likeness (QED) is 0.0976. The van der Waals surface area contributed by atoms with Gasteiger partial charge < -0.3 is 36.6 Å². The van der Waals surface area contributed by atoms with Crippen molar-refractivity contribution in [2.24, 2.45) is 23.7 Å². The number of likely N-dealkylation sites (N-methyl/N-ethyl adjacent to an activating group) is 1. The molecule has 0 aromatic heterocycles. The molecule has 48 heavy (non-hydrogen) atoms. The molecule has 0 unspecified atom stereocenters. The minimum atomic E-state index is -1.29. The van der Waals surface area contributed by atoms with Gasteiger partial charge in [-0.25, -0.2) is 0 Å². The molecule has 7 atom stereocenters. The lowest BCUT2D eigenvalue weighted by molar-refractivity contribution is -0.137. The van der Waals surface area contributed by atoms with Crippen molar-refractivity contribution in [2.75, 3.05) is 25.6 Å². The van der Waals surface area contributed by atoms with Crippen molar-refractivity contribution >= 4 is 47.2 Å². The molecule has 1 heterocycles. The molecule has 1 aliphatic rings. The Labute approximate surface area is 291 Å². The van der Waals surface area contributed by atoms with Gasteiger partial charge in [0.15, 0.2) is 0 Å². The van der Waals surface area contributed by atoms with Crippen LogP contribution in [0.2, 0.25) is 0 Å². The number of carbonyl (C=O) groups is 6. The number of hydrogen-bond acceptors (Lipinski definition) is 8. The fourth-order valence-electron chi connectivity index (χ4n) is 5.95. The molecule has 1 rings (SSSR count). The highest BCUT2D eigenvalue weighted by atomic mass is 32.2. The van der Waals surface area contributed by atoms with Gasteiger partial charge in [0, 0.05) is 32.9 Å². The monoisotopic (exact) mass is 698 g/mol. The SMILES string of the molecule is CCCCNC(=O)[C@@H](NC(=O)[C@H]1[C@H]([C@H](O)[C@H](CC(C)C)NC(=O)[C@H](CCSC)NC(=O)[C@H](CC(C)C)NC(C)=O)CC(=O)N1C)C(C)C. The third-order valence-electron chi connectivity index (χ3n) is 8.52. The lowest BCUT2D eigenvalue weighted by Gasteiger charge is -2.34. The van der Waals surface area contributed by atoms with Crippen LogP contribution < -0.4 is 26.6 Å². The highest BCUT2D eigenvalue weighted by Gasteiger charge is 2.48. The molecule has 1 saturated heterocycles. The zero-order chi connectivity index (χ0) is 36.7. The molecule has 0 saturated carbocycles. The molecule has 276 valence electrons. The predicted molar refractivity (Wildman–Crippen MR) is 189 cm³/mol. The van der Waals surface area contributed by atoms with E-state index in [-0.39, 0.29) is 41.9 Å². The third kappa shape index (κ3) is 13.9. The second-order valence-electron chi connectivity index (χ2n) is 14.2. The van der Waals surface area contributed by atoms with Crippen molar-refractivity contribution in [3.63, 3.8) is 0 Å². The fraction of sp³-hybridized carbons (Fsp3) is 0.824. The van der Waals surface area contributed by atoms with Gasteiger partial charge in [-0.2, -0.15) is 11.8 Å². The number of aliphatic hydroxyl groups excluding tert-OH is 1. The van der Waals surface area contributed by atoms with Crippen molar-refractivity contribution in [1.29, 1.82) is 0 Å². The predicted octanol–water partition coefficient (Wildman–Crippen LogP) is 1.57. The van der Waals surface area contributed by atoms with Gasteiger partial charge in [0.1, 0.15) is 24.2 Å². The summed E-state index contributed by atoms with van der Waals surface area (Å²) in [7, 11) is 1.50. The largest absolute Gasteiger partial charge is 0.391 e. The molecule has 1 aliphatic heterocycles. The van der Waals surface area contributed by atoms with E-state index in [1.54, 1.807) is 0 Å². The number of likely N-dealkylation sites (tertiary alicyclic amines) is 1. The van der Waals surface area contributed by atoms with Crippen molar-refractivity contribution in [3.8, 4) is 0 Å².